The van der Waals surface area contributed by atoms with Gasteiger partial charge in [0, 0.05) is 12.6 Å². The first-order valence-electron chi connectivity index (χ1n) is 8.24. The van der Waals surface area contributed by atoms with E-state index in [0.29, 0.717) is 18.6 Å². The molecule has 2 aromatic rings. The topological polar surface area (TPSA) is 84.7 Å². The summed E-state index contributed by atoms with van der Waals surface area (Å²) in [5, 5.41) is 13.6. The van der Waals surface area contributed by atoms with Gasteiger partial charge in [0.25, 0.3) is 5.91 Å². The third kappa shape index (κ3) is 3.35. The molecule has 1 aromatic carbocycles. The number of hydrogen-bond donors (Lipinski definition) is 1. The minimum Gasteiger partial charge on any atom is -0.493 e. The summed E-state index contributed by atoms with van der Waals surface area (Å²) >= 11 is 0. The molecule has 1 N–H and O–H groups in total. The predicted octanol–water partition coefficient (Wildman–Crippen LogP) is 2.21. The number of methoxy groups -OCH3 is 1. The van der Waals surface area contributed by atoms with Crippen LogP contribution in [0.15, 0.2) is 36.5 Å². The third-order valence-corrected chi connectivity index (χ3v) is 4.62. The second kappa shape index (κ2) is 6.96. The highest BCUT2D eigenvalue weighted by molar-refractivity contribution is 5.95. The molecule has 0 bridgehead atoms. The average molecular weight is 343 g/mol. The fourth-order valence-electron chi connectivity index (χ4n) is 3.10. The number of carbonyl (C=O) groups is 2. The van der Waals surface area contributed by atoms with Crippen molar-refractivity contribution in [3.8, 4) is 11.4 Å². The van der Waals surface area contributed by atoms with Crippen LogP contribution in [0.1, 0.15) is 30.3 Å². The first kappa shape index (κ1) is 17.0. The molecule has 0 spiro atoms. The number of amides is 1. The standard InChI is InChI=1S/C18H21N3O4/c1-12-8-9-13(18(23)24)10-20(12)17(22)16-15(25-2)11-21(19-16)14-6-4-3-5-7-14/h3-7,11-13H,8-10H2,1-2H3,(H,23,24). The minimum absolute atomic E-state index is 0.0327. The molecule has 7 heteroatoms. The van der Waals surface area contributed by atoms with E-state index in [0.717, 1.165) is 5.69 Å². The van der Waals surface area contributed by atoms with Gasteiger partial charge in [-0.05, 0) is 31.9 Å². The van der Waals surface area contributed by atoms with Gasteiger partial charge in [0.15, 0.2) is 11.4 Å². The molecule has 132 valence electrons. The Hall–Kier alpha value is -2.83. The van der Waals surface area contributed by atoms with Crippen molar-refractivity contribution in [1.29, 1.82) is 0 Å². The smallest absolute Gasteiger partial charge is 0.308 e. The number of carbonyl (C=O) groups excluding carboxylic acids is 1. The molecule has 1 aromatic heterocycles. The largest absolute Gasteiger partial charge is 0.493 e. The second-order valence-corrected chi connectivity index (χ2v) is 6.25. The average Bonchev–Trinajstić information content (AvgIpc) is 3.06. The van der Waals surface area contributed by atoms with Gasteiger partial charge in [-0.1, -0.05) is 18.2 Å². The summed E-state index contributed by atoms with van der Waals surface area (Å²) in [5.74, 6) is -1.34. The maximum Gasteiger partial charge on any atom is 0.308 e. The lowest BCUT2D eigenvalue weighted by atomic mass is 9.93. The molecule has 1 fully saturated rings. The quantitative estimate of drug-likeness (QED) is 0.920. The number of aliphatic carboxylic acids is 1. The van der Waals surface area contributed by atoms with Crippen LogP contribution >= 0.6 is 0 Å². The Morgan fingerprint density at radius 2 is 1.96 bits per heavy atom. The van der Waals surface area contributed by atoms with E-state index in [9.17, 15) is 14.7 Å². The number of hydrogen-bond acceptors (Lipinski definition) is 4. The van der Waals surface area contributed by atoms with Crippen LogP contribution in [0, 0.1) is 5.92 Å². The molecular weight excluding hydrogens is 322 g/mol. The van der Waals surface area contributed by atoms with Gasteiger partial charge in [-0.3, -0.25) is 9.59 Å². The Kier molecular flexibility index (Phi) is 4.74. The van der Waals surface area contributed by atoms with Crippen LogP contribution in [0.3, 0.4) is 0 Å². The summed E-state index contributed by atoms with van der Waals surface area (Å²) in [6, 6.07) is 9.40. The normalized spacial score (nSPS) is 20.3. The van der Waals surface area contributed by atoms with Crippen molar-refractivity contribution in [3.63, 3.8) is 0 Å². The van der Waals surface area contributed by atoms with E-state index in [2.05, 4.69) is 5.10 Å². The molecule has 2 atom stereocenters. The van der Waals surface area contributed by atoms with E-state index >= 15 is 0 Å². The molecule has 2 unspecified atom stereocenters. The molecule has 7 nitrogen and oxygen atoms in total. The lowest BCUT2D eigenvalue weighted by Gasteiger charge is -2.36. The monoisotopic (exact) mass is 343 g/mol. The second-order valence-electron chi connectivity index (χ2n) is 6.25. The Balaban J connectivity index is 1.91. The van der Waals surface area contributed by atoms with Gasteiger partial charge < -0.3 is 14.7 Å². The van der Waals surface area contributed by atoms with Gasteiger partial charge in [0.05, 0.1) is 24.9 Å². The molecule has 1 amide bonds. The summed E-state index contributed by atoms with van der Waals surface area (Å²) in [7, 11) is 1.49. The van der Waals surface area contributed by atoms with Crippen molar-refractivity contribution in [2.45, 2.75) is 25.8 Å². The fraction of sp³-hybridized carbons (Fsp3) is 0.389. The fourth-order valence-corrected chi connectivity index (χ4v) is 3.10. The van der Waals surface area contributed by atoms with E-state index in [1.165, 1.54) is 7.11 Å². The molecule has 1 saturated heterocycles. The van der Waals surface area contributed by atoms with Crippen LogP contribution < -0.4 is 4.74 Å². The van der Waals surface area contributed by atoms with E-state index in [-0.39, 0.29) is 24.2 Å². The maximum absolute atomic E-state index is 13.0. The van der Waals surface area contributed by atoms with Crippen LogP contribution in [0.4, 0.5) is 0 Å². The van der Waals surface area contributed by atoms with Gasteiger partial charge in [0.2, 0.25) is 0 Å². The van der Waals surface area contributed by atoms with Gasteiger partial charge in [0.1, 0.15) is 0 Å². The zero-order valence-electron chi connectivity index (χ0n) is 14.3. The summed E-state index contributed by atoms with van der Waals surface area (Å²) in [6.45, 7) is 2.12. The number of carboxylic acid groups (broad SMARTS) is 1. The molecule has 1 aliphatic heterocycles. The summed E-state index contributed by atoms with van der Waals surface area (Å²) in [6.07, 6.45) is 2.89. The predicted molar refractivity (Wildman–Crippen MR) is 91.0 cm³/mol. The summed E-state index contributed by atoms with van der Waals surface area (Å²) in [5.41, 5.74) is 1.01. The van der Waals surface area contributed by atoms with Crippen molar-refractivity contribution in [2.24, 2.45) is 5.92 Å². The molecular formula is C18H21N3O4. The zero-order chi connectivity index (χ0) is 18.0. The van der Waals surface area contributed by atoms with Gasteiger partial charge in [-0.2, -0.15) is 5.10 Å². The first-order chi connectivity index (χ1) is 12.0. The van der Waals surface area contributed by atoms with Crippen LogP contribution in [-0.2, 0) is 4.79 Å². The van der Waals surface area contributed by atoms with Crippen molar-refractivity contribution in [2.75, 3.05) is 13.7 Å². The molecule has 1 aliphatic rings. The Bertz CT molecular complexity index is 772. The Morgan fingerprint density at radius 1 is 1.24 bits per heavy atom. The number of para-hydroxylation sites is 1. The molecule has 0 saturated carbocycles. The van der Waals surface area contributed by atoms with E-state index in [1.54, 1.807) is 15.8 Å². The number of likely N-dealkylation sites (tertiary alicyclic amines) is 1. The lowest BCUT2D eigenvalue weighted by Crippen LogP contribution is -2.47. The van der Waals surface area contributed by atoms with Crippen LogP contribution in [0.5, 0.6) is 5.75 Å². The molecule has 3 rings (SSSR count). The highest BCUT2D eigenvalue weighted by atomic mass is 16.5. The highest BCUT2D eigenvalue weighted by Crippen LogP contribution is 2.27. The minimum atomic E-state index is -0.869. The van der Waals surface area contributed by atoms with E-state index < -0.39 is 11.9 Å². The van der Waals surface area contributed by atoms with Crippen molar-refractivity contribution >= 4 is 11.9 Å². The Labute approximate surface area is 145 Å². The number of aromatic nitrogens is 2. The number of benzene rings is 1. The zero-order valence-corrected chi connectivity index (χ0v) is 14.3. The van der Waals surface area contributed by atoms with Gasteiger partial charge in [-0.25, -0.2) is 4.68 Å². The number of rotatable bonds is 4. The van der Waals surface area contributed by atoms with Crippen molar-refractivity contribution in [1.82, 2.24) is 14.7 Å². The van der Waals surface area contributed by atoms with Crippen LogP contribution in [0.25, 0.3) is 5.69 Å². The van der Waals surface area contributed by atoms with Crippen LogP contribution in [-0.4, -0.2) is 51.4 Å². The molecule has 25 heavy (non-hydrogen) atoms. The SMILES string of the molecule is COc1cn(-c2ccccc2)nc1C(=O)N1CC(C(=O)O)CCC1C. The van der Waals surface area contributed by atoms with E-state index in [4.69, 9.17) is 4.74 Å². The van der Waals surface area contributed by atoms with Crippen molar-refractivity contribution in [3.05, 3.63) is 42.2 Å². The number of ether oxygens (including phenoxy) is 1. The summed E-state index contributed by atoms with van der Waals surface area (Å²) < 4.78 is 6.91. The van der Waals surface area contributed by atoms with Gasteiger partial charge in [-0.15, -0.1) is 0 Å². The van der Waals surface area contributed by atoms with Gasteiger partial charge >= 0.3 is 5.97 Å². The van der Waals surface area contributed by atoms with Crippen LogP contribution in [0.2, 0.25) is 0 Å². The number of carboxylic acids is 1. The Morgan fingerprint density at radius 3 is 2.60 bits per heavy atom. The maximum atomic E-state index is 13.0. The molecule has 2 heterocycles. The van der Waals surface area contributed by atoms with Crippen molar-refractivity contribution < 1.29 is 19.4 Å². The summed E-state index contributed by atoms with van der Waals surface area (Å²) in [4.78, 5) is 25.9. The first-order valence-corrected chi connectivity index (χ1v) is 8.24. The highest BCUT2D eigenvalue weighted by Gasteiger charge is 2.35. The number of nitrogens with zero attached hydrogens (tertiary/aromatic N) is 3. The molecule has 0 aliphatic carbocycles. The number of piperidine rings is 1. The molecule has 0 radical (unpaired) electrons. The lowest BCUT2D eigenvalue weighted by molar-refractivity contribution is -0.143. The van der Waals surface area contributed by atoms with E-state index in [1.807, 2.05) is 37.3 Å². The third-order valence-electron chi connectivity index (χ3n) is 4.62.